The normalized spacial score (nSPS) is 24.1. The number of carbonyl (C=O) groups is 5. The number of morpholine rings is 1. The molecule has 0 spiro atoms. The highest BCUT2D eigenvalue weighted by Crippen LogP contribution is 2.39. The van der Waals surface area contributed by atoms with Gasteiger partial charge in [0.1, 0.15) is 50.3 Å². The van der Waals surface area contributed by atoms with E-state index in [4.69, 9.17) is 35.0 Å². The van der Waals surface area contributed by atoms with Gasteiger partial charge in [-0.1, -0.05) is 63.9 Å². The molecule has 0 saturated carbocycles. The van der Waals surface area contributed by atoms with E-state index in [1.165, 1.54) is 62.8 Å². The molecule has 7 atom stereocenters. The lowest BCUT2D eigenvalue weighted by atomic mass is 9.82. The summed E-state index contributed by atoms with van der Waals surface area (Å²) in [6.07, 6.45) is 21.0. The standard InChI is InChI=1S/C23H31N3O2.C20H26N2O2.C17H25BrN2O2.C17H23ClN2O.C17H21N3O2.C8H20NO/c1-19(2)26(23(27)7-3-4-13-25-14-16-28-17-15-25)22-10-8-20(9-11-22)21-6-5-12-24-18-21;1-13(2)22-12-18(17-6-4-5-7-19(17)22)20(23)24-16-10-14-8-9-15(11-16)21(14)3;1-14(2)19-8-3-9-20(12-10-19,13-11-19)17(21)22-16-6-4-15(18)5-7-16;1-12(2)20(16-11-19-9-7-13(16)8-10-19)17(21)14-3-5-15(18)6-4-14;1-11(2)20(15-10-19-5-3-13(15)9-19)17(21)14-7-12-4-6-22-16(12)8-18-14;1-8(2)10-7-6-9(3,4)5/h5-6,8-12,18-19H,3-4,7,13-17H2,1-2H3;4-7,12-16H,8-11H2,1-3H3;4-7,14H,3,8-13H2,1-2H3;3-6,12-13,16H,7-11H2,1-2H3;4,6-8,11,13,15H,3,5,9-10H2,1-2H3;8H,6-7H2,1-5H3/q;;+2;;;+1/t;14-,15?,16?;;16-;13-,15-;/m.0.00./s1. The van der Waals surface area contributed by atoms with Crippen molar-refractivity contribution in [2.75, 3.05) is 158 Å². The Labute approximate surface area is 770 Å². The molecule has 4 aromatic carbocycles. The fourth-order valence-electron chi connectivity index (χ4n) is 20.3. The van der Waals surface area contributed by atoms with Crippen LogP contribution in [0.5, 0.6) is 5.75 Å². The van der Waals surface area contributed by atoms with E-state index in [1.807, 2.05) is 113 Å². The molecule has 4 aromatic heterocycles. The Hall–Kier alpha value is -7.98. The highest BCUT2D eigenvalue weighted by molar-refractivity contribution is 9.10. The predicted molar refractivity (Wildman–Crippen MR) is 512 cm³/mol. The average molecular weight is 1830 g/mol. The van der Waals surface area contributed by atoms with Gasteiger partial charge in [0.25, 0.3) is 11.8 Å². The molecule has 11 fully saturated rings. The molecule has 127 heavy (non-hydrogen) atoms. The first-order valence-electron chi connectivity index (χ1n) is 47.2. The van der Waals surface area contributed by atoms with Crippen LogP contribution in [-0.2, 0) is 19.0 Å². The third-order valence-corrected chi connectivity index (χ3v) is 28.5. The van der Waals surface area contributed by atoms with Crippen LogP contribution >= 0.6 is 27.5 Å². The van der Waals surface area contributed by atoms with Crippen molar-refractivity contribution in [2.24, 2.45) is 11.8 Å². The second-order valence-corrected chi connectivity index (χ2v) is 40.7. The Morgan fingerprint density at radius 3 is 1.89 bits per heavy atom. The van der Waals surface area contributed by atoms with Crippen molar-refractivity contribution in [2.45, 2.75) is 220 Å². The number of nitrogens with zero attached hydrogens (tertiary/aromatic N) is 13. The number of piperidine rings is 5. The van der Waals surface area contributed by atoms with Gasteiger partial charge < -0.3 is 66.3 Å². The molecule has 0 N–H and O–H groups in total. The van der Waals surface area contributed by atoms with E-state index < -0.39 is 0 Å². The Morgan fingerprint density at radius 2 is 1.30 bits per heavy atom. The number of likely N-dealkylation sites (N-methyl/N-ethyl adjacent to an activating group) is 1. The number of furan rings is 1. The zero-order chi connectivity index (χ0) is 90.9. The second-order valence-electron chi connectivity index (χ2n) is 39.3. The number of esters is 1. The molecule has 15 heterocycles. The van der Waals surface area contributed by atoms with Crippen molar-refractivity contribution < 1.29 is 60.8 Å². The summed E-state index contributed by atoms with van der Waals surface area (Å²) in [5.41, 5.74) is 6.93. The van der Waals surface area contributed by atoms with Gasteiger partial charge in [-0.25, -0.2) is 14.3 Å². The number of para-hydroxylation sites is 1. The number of carbonyl (C=O) groups excluding carboxylic acids is 5. The molecule has 690 valence electrons. The van der Waals surface area contributed by atoms with Crippen LogP contribution in [0.15, 0.2) is 161 Å². The Bertz CT molecular complexity index is 4810. The highest BCUT2D eigenvalue weighted by Gasteiger charge is 2.53. The molecule has 8 bridgehead atoms. The van der Waals surface area contributed by atoms with Gasteiger partial charge in [-0.05, 0) is 269 Å². The maximum atomic E-state index is 13.0. The topological polar surface area (TPSA) is 189 Å². The lowest BCUT2D eigenvalue weighted by Crippen LogP contribution is -2.68. The maximum absolute atomic E-state index is 13.0. The van der Waals surface area contributed by atoms with Crippen LogP contribution in [0.3, 0.4) is 0 Å². The lowest BCUT2D eigenvalue weighted by molar-refractivity contribution is -1.00. The fourth-order valence-corrected chi connectivity index (χ4v) is 20.7. The summed E-state index contributed by atoms with van der Waals surface area (Å²) in [5.74, 6) is 2.13. The van der Waals surface area contributed by atoms with E-state index in [1.54, 1.807) is 30.8 Å². The summed E-state index contributed by atoms with van der Waals surface area (Å²) in [6.45, 7) is 45.1. The molecular weight excluding hydrogens is 1680 g/mol. The number of unbranched alkanes of at least 4 members (excludes halogenated alkanes) is 1. The second kappa shape index (κ2) is 45.2. The molecule has 3 unspecified atom stereocenters. The number of hydrogen-bond acceptors (Lipinski definition) is 16. The number of hydrogen-bond donors (Lipinski definition) is 0. The van der Waals surface area contributed by atoms with Gasteiger partial charge in [-0.2, -0.15) is 4.79 Å². The van der Waals surface area contributed by atoms with Gasteiger partial charge >= 0.3 is 12.1 Å². The van der Waals surface area contributed by atoms with Gasteiger partial charge in [-0.3, -0.25) is 24.3 Å². The van der Waals surface area contributed by atoms with Crippen molar-refractivity contribution in [3.63, 3.8) is 0 Å². The van der Waals surface area contributed by atoms with E-state index in [0.717, 1.165) is 184 Å². The molecule has 19 rings (SSSR count). The summed E-state index contributed by atoms with van der Waals surface area (Å²) >= 11 is 9.33. The molecule has 0 aliphatic carbocycles. The fraction of sp³-hybridized carbons (Fsp3) is 0.578. The number of quaternary nitrogens is 3. The smallest absolute Gasteiger partial charge is 0.463 e. The molecule has 11 saturated heterocycles. The minimum Gasteiger partial charge on any atom is -0.463 e. The highest BCUT2D eigenvalue weighted by atomic mass is 79.9. The third-order valence-electron chi connectivity index (χ3n) is 27.7. The number of rotatable bonds is 23. The summed E-state index contributed by atoms with van der Waals surface area (Å²) in [6, 6.07) is 42.1. The number of pyridine rings is 2. The molecule has 4 amide bonds. The van der Waals surface area contributed by atoms with E-state index in [2.05, 4.69) is 184 Å². The Kier molecular flexibility index (Phi) is 34.9. The third kappa shape index (κ3) is 25.8. The largest absolute Gasteiger partial charge is 0.521 e. The van der Waals surface area contributed by atoms with Crippen LogP contribution < -0.4 is 9.64 Å². The molecular formula is C102H146BrClN13O10+3. The zero-order valence-corrected chi connectivity index (χ0v) is 81.1. The van der Waals surface area contributed by atoms with Crippen molar-refractivity contribution in [1.82, 2.24) is 43.9 Å². The van der Waals surface area contributed by atoms with Gasteiger partial charge in [-0.15, -0.1) is 0 Å². The summed E-state index contributed by atoms with van der Waals surface area (Å²) in [7, 11) is 8.72. The lowest BCUT2D eigenvalue weighted by Gasteiger charge is -2.50. The van der Waals surface area contributed by atoms with Crippen LogP contribution in [0.1, 0.15) is 191 Å². The average Bonchev–Trinajstić information content (AvgIpc) is 1.70. The zero-order valence-electron chi connectivity index (χ0n) is 78.8. The van der Waals surface area contributed by atoms with Crippen LogP contribution in [0, 0.1) is 11.8 Å². The van der Waals surface area contributed by atoms with Crippen LogP contribution in [0.4, 0.5) is 10.5 Å². The molecule has 8 aromatic rings. The molecule has 23 nitrogen and oxygen atoms in total. The van der Waals surface area contributed by atoms with E-state index in [-0.39, 0.29) is 54.0 Å². The SMILES string of the molecule is CC(C)N(C(=O)CCCCN1CCOCC1)c1ccc(-c2cccnc2)cc1.CC(C)N(C(=O)c1cc2ccoc2cn1)[C@H]1CN2CC[C@H]1C2.CC(C)N(C(=O)c1ccc(Cl)cc1)[C@H]1CN2CCC1CC2.CC(C)OCC[N+](C)(C)C.CC(C)[N+]12CCC[N+](C(=O)Oc3ccc(Br)cc3)(CC1)CC2.CC(C)n1cc(C(=O)OC2CC3CC[C@@H](C2)N3C)c2ccccc21. The van der Waals surface area contributed by atoms with E-state index in [9.17, 15) is 24.0 Å². The Morgan fingerprint density at radius 1 is 0.654 bits per heavy atom. The molecule has 11 aliphatic heterocycles. The van der Waals surface area contributed by atoms with Gasteiger partial charge in [0.05, 0.1) is 84.2 Å². The van der Waals surface area contributed by atoms with Gasteiger partial charge in [0.2, 0.25) is 5.91 Å². The van der Waals surface area contributed by atoms with Crippen molar-refractivity contribution in [1.29, 1.82) is 0 Å². The van der Waals surface area contributed by atoms with E-state index in [0.29, 0.717) is 87.1 Å². The van der Waals surface area contributed by atoms with Crippen LogP contribution in [0.25, 0.3) is 33.0 Å². The molecule has 25 heteroatoms. The number of benzene rings is 4. The number of ether oxygens (including phenoxy) is 4. The summed E-state index contributed by atoms with van der Waals surface area (Å²) in [5, 5.41) is 2.59. The van der Waals surface area contributed by atoms with Crippen molar-refractivity contribution >= 4 is 84.9 Å². The first-order valence-corrected chi connectivity index (χ1v) is 48.4. The van der Waals surface area contributed by atoms with Crippen LogP contribution in [0.2, 0.25) is 5.02 Å². The first-order chi connectivity index (χ1) is 60.8. The minimum atomic E-state index is -0.167. The van der Waals surface area contributed by atoms with Gasteiger partial charge in [0, 0.05) is 162 Å². The quantitative estimate of drug-likeness (QED) is 0.0334. The molecule has 0 radical (unpaired) electrons. The van der Waals surface area contributed by atoms with E-state index >= 15 is 0 Å². The van der Waals surface area contributed by atoms with Crippen molar-refractivity contribution in [3.8, 4) is 16.9 Å². The molecule has 11 aliphatic rings. The summed E-state index contributed by atoms with van der Waals surface area (Å²) in [4.78, 5) is 88.9. The number of amides is 4. The number of aromatic nitrogens is 3. The number of halogens is 2. The Balaban J connectivity index is 0.000000141. The number of fused-ring (bicyclic) bond motifs is 13. The first kappa shape index (κ1) is 98.1. The monoisotopic (exact) mass is 1830 g/mol. The van der Waals surface area contributed by atoms with Crippen molar-refractivity contribution in [3.05, 3.63) is 179 Å². The van der Waals surface area contributed by atoms with Crippen LogP contribution in [-0.4, -0.2) is 300 Å². The van der Waals surface area contributed by atoms with Gasteiger partial charge in [0.15, 0.2) is 5.58 Å². The number of anilines is 1. The number of piperazine rings is 1. The predicted octanol–water partition coefficient (Wildman–Crippen LogP) is 18.2. The minimum absolute atomic E-state index is 0.0387. The maximum Gasteiger partial charge on any atom is 0.521 e. The summed E-state index contributed by atoms with van der Waals surface area (Å²) < 4.78 is 33.5.